The van der Waals surface area contributed by atoms with Gasteiger partial charge in [0.1, 0.15) is 11.4 Å². The molecule has 2 heterocycles. The van der Waals surface area contributed by atoms with Crippen LogP contribution in [0.25, 0.3) is 11.0 Å². The van der Waals surface area contributed by atoms with Crippen LogP contribution in [0, 0.1) is 5.82 Å². The van der Waals surface area contributed by atoms with Gasteiger partial charge in [-0.1, -0.05) is 0 Å². The number of hydrogen-bond donors (Lipinski definition) is 1. The van der Waals surface area contributed by atoms with Gasteiger partial charge in [0, 0.05) is 25.0 Å². The van der Waals surface area contributed by atoms with Gasteiger partial charge in [-0.15, -0.1) is 0 Å². The molecule has 0 unspecified atom stereocenters. The van der Waals surface area contributed by atoms with Crippen LogP contribution in [0.1, 0.15) is 10.6 Å². The summed E-state index contributed by atoms with van der Waals surface area (Å²) in [6.07, 6.45) is -0.274. The molecule has 1 aliphatic rings. The van der Waals surface area contributed by atoms with Gasteiger partial charge in [-0.3, -0.25) is 14.5 Å². The largest absolute Gasteiger partial charge is 0.480 e. The molecule has 1 fully saturated rings. The lowest BCUT2D eigenvalue weighted by atomic mass is 10.2. The Labute approximate surface area is 143 Å². The Hall–Kier alpha value is -2.45. The van der Waals surface area contributed by atoms with Crippen molar-refractivity contribution in [3.8, 4) is 0 Å². The van der Waals surface area contributed by atoms with Crippen LogP contribution < -0.4 is 0 Å². The van der Waals surface area contributed by atoms with Crippen molar-refractivity contribution in [3.63, 3.8) is 0 Å². The van der Waals surface area contributed by atoms with Crippen molar-refractivity contribution < 1.29 is 28.2 Å². The zero-order chi connectivity index (χ0) is 18.0. The summed E-state index contributed by atoms with van der Waals surface area (Å²) in [4.78, 5) is 26.6. The van der Waals surface area contributed by atoms with Gasteiger partial charge in [0.25, 0.3) is 5.91 Å². The number of rotatable bonds is 5. The number of amides is 1. The smallest absolute Gasteiger partial charge is 0.317 e. The van der Waals surface area contributed by atoms with Crippen LogP contribution in [0.2, 0.25) is 0 Å². The van der Waals surface area contributed by atoms with Gasteiger partial charge in [-0.05, 0) is 31.3 Å². The molecule has 1 atom stereocenters. The quantitative estimate of drug-likeness (QED) is 0.878. The topological polar surface area (TPSA) is 83.2 Å². The highest BCUT2D eigenvalue weighted by molar-refractivity contribution is 5.96. The molecule has 2 aromatic rings. The molecule has 1 amide bonds. The monoisotopic (exact) mass is 350 g/mol. The SMILES string of the molecule is CN(CC(=O)O)C[C@@H]1CN(C(=O)c2cc3cc(F)ccc3o2)CCO1. The number of carboxylic acids is 1. The van der Waals surface area contributed by atoms with Crippen LogP contribution in [0.3, 0.4) is 0 Å². The van der Waals surface area contributed by atoms with Crippen LogP contribution in [-0.2, 0) is 9.53 Å². The number of carbonyl (C=O) groups is 2. The molecule has 0 radical (unpaired) electrons. The number of ether oxygens (including phenoxy) is 1. The number of halogens is 1. The van der Waals surface area contributed by atoms with Crippen molar-refractivity contribution >= 4 is 22.8 Å². The second-order valence-electron chi connectivity index (χ2n) is 6.13. The van der Waals surface area contributed by atoms with E-state index in [0.717, 1.165) is 0 Å². The standard InChI is InChI=1S/C17H19FN2O5/c1-19(10-16(21)22)8-13-9-20(4-5-24-13)17(23)15-7-11-6-12(18)2-3-14(11)25-15/h2-3,6-7,13H,4-5,8-10H2,1H3,(H,21,22)/t13-/m1/s1. The van der Waals surface area contributed by atoms with Crippen molar-refractivity contribution in [1.82, 2.24) is 9.80 Å². The number of morpholine rings is 1. The Bertz CT molecular complexity index is 790. The molecule has 1 aliphatic heterocycles. The number of carboxylic acid groups (broad SMARTS) is 1. The summed E-state index contributed by atoms with van der Waals surface area (Å²) in [7, 11) is 1.69. The number of fused-ring (bicyclic) bond motifs is 1. The predicted octanol–water partition coefficient (Wildman–Crippen LogP) is 1.43. The maximum absolute atomic E-state index is 13.3. The van der Waals surface area contributed by atoms with E-state index in [1.807, 2.05) is 0 Å². The average molecular weight is 350 g/mol. The molecule has 3 rings (SSSR count). The number of carbonyl (C=O) groups excluding carboxylic acids is 1. The molecule has 25 heavy (non-hydrogen) atoms. The van der Waals surface area contributed by atoms with Crippen molar-refractivity contribution in [2.24, 2.45) is 0 Å². The van der Waals surface area contributed by atoms with E-state index in [9.17, 15) is 14.0 Å². The van der Waals surface area contributed by atoms with Gasteiger partial charge in [-0.25, -0.2) is 4.39 Å². The maximum Gasteiger partial charge on any atom is 0.317 e. The number of likely N-dealkylation sites (N-methyl/N-ethyl adjacent to an activating group) is 1. The third-order valence-corrected chi connectivity index (χ3v) is 4.04. The summed E-state index contributed by atoms with van der Waals surface area (Å²) in [5.41, 5.74) is 0.454. The lowest BCUT2D eigenvalue weighted by Gasteiger charge is -2.34. The van der Waals surface area contributed by atoms with Crippen molar-refractivity contribution in [1.29, 1.82) is 0 Å². The predicted molar refractivity (Wildman–Crippen MR) is 86.9 cm³/mol. The third kappa shape index (κ3) is 4.15. The molecule has 7 nitrogen and oxygen atoms in total. The fourth-order valence-corrected chi connectivity index (χ4v) is 2.93. The average Bonchev–Trinajstić information content (AvgIpc) is 2.96. The van der Waals surface area contributed by atoms with E-state index < -0.39 is 5.97 Å². The molecule has 1 aromatic carbocycles. The zero-order valence-electron chi connectivity index (χ0n) is 13.8. The first-order valence-corrected chi connectivity index (χ1v) is 7.92. The van der Waals surface area contributed by atoms with Crippen molar-refractivity contribution in [2.45, 2.75) is 6.10 Å². The molecule has 0 saturated carbocycles. The maximum atomic E-state index is 13.3. The Morgan fingerprint density at radius 1 is 1.40 bits per heavy atom. The summed E-state index contributed by atoms with van der Waals surface area (Å²) >= 11 is 0. The zero-order valence-corrected chi connectivity index (χ0v) is 13.8. The molecule has 0 bridgehead atoms. The van der Waals surface area contributed by atoms with Crippen LogP contribution in [-0.4, -0.2) is 72.7 Å². The molecular weight excluding hydrogens is 331 g/mol. The molecule has 1 aromatic heterocycles. The van der Waals surface area contributed by atoms with E-state index in [2.05, 4.69) is 0 Å². The van der Waals surface area contributed by atoms with Crippen molar-refractivity contribution in [2.75, 3.05) is 39.8 Å². The highest BCUT2D eigenvalue weighted by Crippen LogP contribution is 2.22. The number of nitrogens with zero attached hydrogens (tertiary/aromatic N) is 2. The van der Waals surface area contributed by atoms with Crippen LogP contribution in [0.15, 0.2) is 28.7 Å². The van der Waals surface area contributed by atoms with Gasteiger partial charge < -0.3 is 19.2 Å². The fourth-order valence-electron chi connectivity index (χ4n) is 2.93. The van der Waals surface area contributed by atoms with Crippen LogP contribution in [0.5, 0.6) is 0 Å². The lowest BCUT2D eigenvalue weighted by molar-refractivity contribution is -0.138. The van der Waals surface area contributed by atoms with E-state index in [0.29, 0.717) is 37.2 Å². The second kappa shape index (κ2) is 7.20. The van der Waals surface area contributed by atoms with Gasteiger partial charge in [0.05, 0.1) is 19.3 Å². The highest BCUT2D eigenvalue weighted by Gasteiger charge is 2.28. The van der Waals surface area contributed by atoms with E-state index in [-0.39, 0.29) is 30.1 Å². The summed E-state index contributed by atoms with van der Waals surface area (Å²) in [6.45, 7) is 1.44. The van der Waals surface area contributed by atoms with E-state index in [1.54, 1.807) is 16.8 Å². The molecule has 0 aliphatic carbocycles. The summed E-state index contributed by atoms with van der Waals surface area (Å²) in [5, 5.41) is 9.34. The summed E-state index contributed by atoms with van der Waals surface area (Å²) in [5.74, 6) is -1.44. The Balaban J connectivity index is 1.67. The Morgan fingerprint density at radius 2 is 2.20 bits per heavy atom. The number of aliphatic carboxylic acids is 1. The van der Waals surface area contributed by atoms with E-state index in [4.69, 9.17) is 14.3 Å². The fraction of sp³-hybridized carbons (Fsp3) is 0.412. The van der Waals surface area contributed by atoms with Crippen LogP contribution in [0.4, 0.5) is 4.39 Å². The molecule has 1 saturated heterocycles. The lowest BCUT2D eigenvalue weighted by Crippen LogP contribution is -2.49. The Morgan fingerprint density at radius 3 is 2.96 bits per heavy atom. The van der Waals surface area contributed by atoms with Gasteiger partial charge in [0.15, 0.2) is 5.76 Å². The first kappa shape index (κ1) is 17.4. The van der Waals surface area contributed by atoms with Crippen molar-refractivity contribution in [3.05, 3.63) is 35.8 Å². The second-order valence-corrected chi connectivity index (χ2v) is 6.13. The first-order valence-electron chi connectivity index (χ1n) is 7.92. The molecule has 0 spiro atoms. The highest BCUT2D eigenvalue weighted by atomic mass is 19.1. The molecule has 1 N–H and O–H groups in total. The van der Waals surface area contributed by atoms with Crippen LogP contribution >= 0.6 is 0 Å². The third-order valence-electron chi connectivity index (χ3n) is 4.04. The van der Waals surface area contributed by atoms with E-state index >= 15 is 0 Å². The minimum absolute atomic E-state index is 0.0943. The summed E-state index contributed by atoms with van der Waals surface area (Å²) < 4.78 is 24.4. The van der Waals surface area contributed by atoms with Gasteiger partial charge in [-0.2, -0.15) is 0 Å². The van der Waals surface area contributed by atoms with Gasteiger partial charge in [0.2, 0.25) is 0 Å². The molecular formula is C17H19FN2O5. The minimum atomic E-state index is -0.916. The molecule has 8 heteroatoms. The van der Waals surface area contributed by atoms with E-state index in [1.165, 1.54) is 24.3 Å². The molecule has 134 valence electrons. The summed E-state index contributed by atoms with van der Waals surface area (Å²) in [6, 6.07) is 5.62. The van der Waals surface area contributed by atoms with Gasteiger partial charge >= 0.3 is 5.97 Å². The number of benzene rings is 1. The first-order chi connectivity index (χ1) is 11.9. The normalized spacial score (nSPS) is 18.0. The number of furan rings is 1. The Kier molecular flexibility index (Phi) is 5.00. The minimum Gasteiger partial charge on any atom is -0.480 e. The number of hydrogen-bond acceptors (Lipinski definition) is 5.